The van der Waals surface area contributed by atoms with Gasteiger partial charge in [-0.2, -0.15) is 0 Å². The molecule has 0 aliphatic heterocycles. The molecule has 1 amide bonds. The maximum absolute atomic E-state index is 12.5. The molecule has 0 radical (unpaired) electrons. The third kappa shape index (κ3) is 4.20. The van der Waals surface area contributed by atoms with Crippen LogP contribution in [0.1, 0.15) is 47.3 Å². The lowest BCUT2D eigenvalue weighted by Gasteiger charge is -2.26. The molecule has 0 heterocycles. The lowest BCUT2D eigenvalue weighted by Crippen LogP contribution is -2.30. The molecule has 132 valence electrons. The molecule has 3 rings (SSSR count). The Balaban J connectivity index is 1.70. The highest BCUT2D eigenvalue weighted by atomic mass is 32.2. The number of fused-ring (bicyclic) bond motifs is 1. The van der Waals surface area contributed by atoms with Gasteiger partial charge in [0.2, 0.25) is 10.0 Å². The number of rotatable bonds is 5. The third-order valence-corrected chi connectivity index (χ3v) is 5.78. The Morgan fingerprint density at radius 3 is 2.56 bits per heavy atom. The number of anilines is 1. The summed E-state index contributed by atoms with van der Waals surface area (Å²) in [7, 11) is -3.31. The maximum Gasteiger partial charge on any atom is 0.251 e. The Kier molecular flexibility index (Phi) is 5.08. The number of nitrogens with one attached hydrogen (secondary N) is 2. The number of aryl methyl sites for hydroxylation is 1. The van der Waals surface area contributed by atoms with E-state index in [1.807, 2.05) is 12.1 Å². The summed E-state index contributed by atoms with van der Waals surface area (Å²) < 4.78 is 25.6. The second-order valence-electron chi connectivity index (χ2n) is 6.20. The Morgan fingerprint density at radius 2 is 1.84 bits per heavy atom. The maximum atomic E-state index is 12.5. The van der Waals surface area contributed by atoms with Gasteiger partial charge in [0.1, 0.15) is 0 Å². The number of sulfonamides is 1. The van der Waals surface area contributed by atoms with Gasteiger partial charge < -0.3 is 5.32 Å². The van der Waals surface area contributed by atoms with Crippen LogP contribution in [0.25, 0.3) is 0 Å². The highest BCUT2D eigenvalue weighted by molar-refractivity contribution is 7.92. The highest BCUT2D eigenvalue weighted by Gasteiger charge is 2.21. The summed E-state index contributed by atoms with van der Waals surface area (Å²) in [6.45, 7) is 1.58. The molecule has 0 saturated heterocycles. The van der Waals surface area contributed by atoms with Crippen molar-refractivity contribution in [1.29, 1.82) is 0 Å². The molecule has 1 aliphatic carbocycles. The Bertz CT molecular complexity index is 860. The zero-order valence-electron chi connectivity index (χ0n) is 14.2. The van der Waals surface area contributed by atoms with Crippen LogP contribution in [-0.2, 0) is 16.4 Å². The molecular formula is C19H22N2O3S. The normalized spacial score (nSPS) is 16.8. The van der Waals surface area contributed by atoms with E-state index in [1.54, 1.807) is 31.2 Å². The molecule has 2 aromatic rings. The molecule has 0 spiro atoms. The fourth-order valence-corrected chi connectivity index (χ4v) is 3.73. The molecule has 0 fully saturated rings. The molecule has 6 heteroatoms. The number of carbonyl (C=O) groups is 1. The van der Waals surface area contributed by atoms with Gasteiger partial charge in [0.25, 0.3) is 5.91 Å². The van der Waals surface area contributed by atoms with Crippen LogP contribution in [-0.4, -0.2) is 20.1 Å². The van der Waals surface area contributed by atoms with Gasteiger partial charge in [-0.15, -0.1) is 0 Å². The van der Waals surface area contributed by atoms with Crippen LogP contribution in [0.15, 0.2) is 48.5 Å². The third-order valence-electron chi connectivity index (χ3n) is 4.48. The molecule has 0 aromatic heterocycles. The number of benzene rings is 2. The summed E-state index contributed by atoms with van der Waals surface area (Å²) >= 11 is 0. The van der Waals surface area contributed by atoms with Gasteiger partial charge in [0.05, 0.1) is 11.8 Å². The minimum Gasteiger partial charge on any atom is -0.345 e. The number of amides is 1. The zero-order valence-corrected chi connectivity index (χ0v) is 15.0. The van der Waals surface area contributed by atoms with Crippen molar-refractivity contribution < 1.29 is 13.2 Å². The van der Waals surface area contributed by atoms with E-state index in [0.29, 0.717) is 11.3 Å². The average Bonchev–Trinajstić information content (AvgIpc) is 2.62. The van der Waals surface area contributed by atoms with E-state index >= 15 is 0 Å². The van der Waals surface area contributed by atoms with E-state index in [0.717, 1.165) is 19.3 Å². The second kappa shape index (κ2) is 7.27. The predicted octanol–water partition coefficient (Wildman–Crippen LogP) is 3.26. The number of hydrogen-bond donors (Lipinski definition) is 2. The van der Waals surface area contributed by atoms with Gasteiger partial charge >= 0.3 is 0 Å². The van der Waals surface area contributed by atoms with Crippen molar-refractivity contribution in [3.05, 3.63) is 65.2 Å². The first-order valence-electron chi connectivity index (χ1n) is 8.48. The molecule has 1 atom stereocenters. The van der Waals surface area contributed by atoms with Crippen LogP contribution in [0.3, 0.4) is 0 Å². The van der Waals surface area contributed by atoms with Crippen molar-refractivity contribution in [1.82, 2.24) is 5.32 Å². The molecule has 0 unspecified atom stereocenters. The topological polar surface area (TPSA) is 75.3 Å². The van der Waals surface area contributed by atoms with E-state index in [4.69, 9.17) is 0 Å². The van der Waals surface area contributed by atoms with E-state index in [2.05, 4.69) is 22.2 Å². The molecule has 0 saturated carbocycles. The SMILES string of the molecule is CCS(=O)(=O)Nc1ccc(C(=O)N[C@@H]2CCCc3ccccc32)cc1. The molecule has 5 nitrogen and oxygen atoms in total. The second-order valence-corrected chi connectivity index (χ2v) is 8.21. The number of carbonyl (C=O) groups excluding carboxylic acids is 1. The van der Waals surface area contributed by atoms with Crippen molar-refractivity contribution in [2.45, 2.75) is 32.2 Å². The van der Waals surface area contributed by atoms with Crippen LogP contribution >= 0.6 is 0 Å². The first kappa shape index (κ1) is 17.5. The fraction of sp³-hybridized carbons (Fsp3) is 0.316. The fourth-order valence-electron chi connectivity index (χ4n) is 3.09. The summed E-state index contributed by atoms with van der Waals surface area (Å²) in [5.41, 5.74) is 3.46. The Morgan fingerprint density at radius 1 is 1.12 bits per heavy atom. The van der Waals surface area contributed by atoms with Gasteiger partial charge in [0.15, 0.2) is 0 Å². The van der Waals surface area contributed by atoms with Crippen LogP contribution < -0.4 is 10.0 Å². The van der Waals surface area contributed by atoms with E-state index in [-0.39, 0.29) is 17.7 Å². The monoisotopic (exact) mass is 358 g/mol. The standard InChI is InChI=1S/C19H22N2O3S/c1-2-25(23,24)21-16-12-10-15(11-13-16)19(22)20-18-9-5-7-14-6-3-4-8-17(14)18/h3-4,6,8,10-13,18,21H,2,5,7,9H2,1H3,(H,20,22)/t18-/m1/s1. The summed E-state index contributed by atoms with van der Waals surface area (Å²) in [5, 5.41) is 3.09. The van der Waals surface area contributed by atoms with Gasteiger partial charge in [-0.05, 0) is 61.6 Å². The minimum atomic E-state index is -3.31. The minimum absolute atomic E-state index is 0.0102. The number of hydrogen-bond acceptors (Lipinski definition) is 3. The quantitative estimate of drug-likeness (QED) is 0.861. The van der Waals surface area contributed by atoms with Gasteiger partial charge in [-0.3, -0.25) is 9.52 Å². The average molecular weight is 358 g/mol. The van der Waals surface area contributed by atoms with Gasteiger partial charge in [-0.25, -0.2) is 8.42 Å². The highest BCUT2D eigenvalue weighted by Crippen LogP contribution is 2.29. The van der Waals surface area contributed by atoms with Crippen molar-refractivity contribution in [3.8, 4) is 0 Å². The molecule has 2 aromatic carbocycles. The van der Waals surface area contributed by atoms with Crippen molar-refractivity contribution >= 4 is 21.6 Å². The summed E-state index contributed by atoms with van der Waals surface area (Å²) in [6.07, 6.45) is 3.03. The lowest BCUT2D eigenvalue weighted by molar-refractivity contribution is 0.0933. The van der Waals surface area contributed by atoms with Crippen LogP contribution in [0.4, 0.5) is 5.69 Å². The van der Waals surface area contributed by atoms with Crippen LogP contribution in [0.5, 0.6) is 0 Å². The largest absolute Gasteiger partial charge is 0.345 e. The Hall–Kier alpha value is -2.34. The van der Waals surface area contributed by atoms with Crippen molar-refractivity contribution in [2.24, 2.45) is 0 Å². The van der Waals surface area contributed by atoms with Crippen LogP contribution in [0, 0.1) is 0 Å². The zero-order chi connectivity index (χ0) is 17.9. The van der Waals surface area contributed by atoms with Crippen molar-refractivity contribution in [3.63, 3.8) is 0 Å². The van der Waals surface area contributed by atoms with Crippen molar-refractivity contribution in [2.75, 3.05) is 10.5 Å². The summed E-state index contributed by atoms with van der Waals surface area (Å²) in [5.74, 6) is -0.136. The van der Waals surface area contributed by atoms with E-state index in [9.17, 15) is 13.2 Å². The molecule has 2 N–H and O–H groups in total. The lowest BCUT2D eigenvalue weighted by atomic mass is 9.87. The van der Waals surface area contributed by atoms with Gasteiger partial charge in [-0.1, -0.05) is 24.3 Å². The molecular weight excluding hydrogens is 336 g/mol. The van der Waals surface area contributed by atoms with E-state index in [1.165, 1.54) is 11.1 Å². The smallest absolute Gasteiger partial charge is 0.251 e. The molecule has 25 heavy (non-hydrogen) atoms. The first-order valence-corrected chi connectivity index (χ1v) is 10.1. The van der Waals surface area contributed by atoms with Crippen LogP contribution in [0.2, 0.25) is 0 Å². The first-order chi connectivity index (χ1) is 12.0. The molecule has 0 bridgehead atoms. The predicted molar refractivity (Wildman–Crippen MR) is 99.1 cm³/mol. The van der Waals surface area contributed by atoms with E-state index < -0.39 is 10.0 Å². The molecule has 1 aliphatic rings. The summed E-state index contributed by atoms with van der Waals surface area (Å²) in [4.78, 5) is 12.5. The Labute approximate surface area is 148 Å². The summed E-state index contributed by atoms with van der Waals surface area (Å²) in [6, 6.07) is 14.7. The van der Waals surface area contributed by atoms with Gasteiger partial charge in [0, 0.05) is 11.3 Å².